The van der Waals surface area contributed by atoms with Gasteiger partial charge in [-0.25, -0.2) is 0 Å². The molecule has 2 nitrogen and oxygen atoms in total. The lowest BCUT2D eigenvalue weighted by atomic mass is 10.1. The van der Waals surface area contributed by atoms with Gasteiger partial charge in [-0.2, -0.15) is 0 Å². The first-order chi connectivity index (χ1) is 13.3. The molecule has 0 fully saturated rings. The summed E-state index contributed by atoms with van der Waals surface area (Å²) in [6.45, 7) is 13.1. The van der Waals surface area contributed by atoms with Crippen LogP contribution in [0.5, 0.6) is 0 Å². The first-order valence-electron chi connectivity index (χ1n) is 10.2. The van der Waals surface area contributed by atoms with E-state index in [-0.39, 0.29) is 10.8 Å². The van der Waals surface area contributed by atoms with Gasteiger partial charge < -0.3 is 4.43 Å². The van der Waals surface area contributed by atoms with Gasteiger partial charge in [0.15, 0.2) is 5.78 Å². The molecule has 2 aromatic rings. The van der Waals surface area contributed by atoms with E-state index in [1.807, 2.05) is 0 Å². The highest BCUT2D eigenvalue weighted by atomic mass is 28.4. The van der Waals surface area contributed by atoms with Crippen LogP contribution in [0.2, 0.25) is 5.04 Å². The number of carbonyl (C=O) groups excluding carboxylic acids is 1. The monoisotopic (exact) mass is 394 g/mol. The maximum Gasteiger partial charge on any atom is 0.261 e. The number of carbonyl (C=O) groups is 1. The summed E-state index contributed by atoms with van der Waals surface area (Å²) in [4.78, 5) is 11.3. The van der Waals surface area contributed by atoms with E-state index in [9.17, 15) is 4.79 Å². The molecule has 28 heavy (non-hydrogen) atoms. The van der Waals surface area contributed by atoms with Gasteiger partial charge in [0.25, 0.3) is 8.32 Å². The largest absolute Gasteiger partial charge is 0.407 e. The lowest BCUT2D eigenvalue weighted by Crippen LogP contribution is -2.66. The Kier molecular flexibility index (Phi) is 7.96. The number of rotatable bonds is 10. The van der Waals surface area contributed by atoms with Crippen molar-refractivity contribution < 1.29 is 9.22 Å². The molecular formula is C25H34O2Si. The van der Waals surface area contributed by atoms with Gasteiger partial charge in [0.2, 0.25) is 0 Å². The number of hydrogen-bond acceptors (Lipinski definition) is 2. The smallest absolute Gasteiger partial charge is 0.261 e. The molecule has 0 saturated carbocycles. The van der Waals surface area contributed by atoms with E-state index in [4.69, 9.17) is 4.43 Å². The van der Waals surface area contributed by atoms with Crippen LogP contribution in [-0.2, 0) is 9.22 Å². The van der Waals surface area contributed by atoms with Crippen LogP contribution in [0.4, 0.5) is 0 Å². The second-order valence-electron chi connectivity index (χ2n) is 8.48. The maximum absolute atomic E-state index is 11.3. The van der Waals surface area contributed by atoms with Crippen molar-refractivity contribution in [2.75, 3.05) is 6.61 Å². The van der Waals surface area contributed by atoms with Gasteiger partial charge in [-0.3, -0.25) is 4.79 Å². The number of Topliss-reactive ketones (excluding diaryl/α,β-unsaturated/α-hetero) is 1. The molecule has 3 heteroatoms. The van der Waals surface area contributed by atoms with E-state index in [1.54, 1.807) is 6.92 Å². The quantitative estimate of drug-likeness (QED) is 0.312. The summed E-state index contributed by atoms with van der Waals surface area (Å²) < 4.78 is 6.87. The van der Waals surface area contributed by atoms with Crippen molar-refractivity contribution in [3.05, 3.63) is 72.8 Å². The van der Waals surface area contributed by atoms with E-state index in [1.165, 1.54) is 10.4 Å². The highest BCUT2D eigenvalue weighted by Gasteiger charge is 2.49. The zero-order chi connectivity index (χ0) is 20.6. The van der Waals surface area contributed by atoms with Gasteiger partial charge >= 0.3 is 0 Å². The summed E-state index contributed by atoms with van der Waals surface area (Å²) in [5.41, 5.74) is 0.730. The molecule has 0 radical (unpaired) electrons. The summed E-state index contributed by atoms with van der Waals surface area (Å²) in [5.74, 6) is 0.101. The molecule has 0 aliphatic heterocycles. The van der Waals surface area contributed by atoms with Crippen LogP contribution in [0, 0.1) is 0 Å². The Morgan fingerprint density at radius 3 is 1.82 bits per heavy atom. The van der Waals surface area contributed by atoms with E-state index >= 15 is 0 Å². The minimum absolute atomic E-state index is 0.0125. The lowest BCUT2D eigenvalue weighted by Gasteiger charge is -2.43. The van der Waals surface area contributed by atoms with Crippen LogP contribution in [0.1, 0.15) is 53.4 Å². The van der Waals surface area contributed by atoms with Crippen molar-refractivity contribution in [2.24, 2.45) is 0 Å². The zero-order valence-electron chi connectivity index (χ0n) is 17.8. The van der Waals surface area contributed by atoms with E-state index < -0.39 is 8.32 Å². The number of hydrogen-bond donors (Lipinski definition) is 0. The van der Waals surface area contributed by atoms with Crippen molar-refractivity contribution in [2.45, 2.75) is 58.4 Å². The summed E-state index contributed by atoms with van der Waals surface area (Å²) in [7, 11) is -2.42. The predicted octanol–water partition coefficient (Wildman–Crippen LogP) is 5.27. The van der Waals surface area contributed by atoms with Gasteiger partial charge in [-0.1, -0.05) is 94.4 Å². The SMILES string of the molecule is C=C(CCCCCO[Si](c1ccccc1)(c1ccccc1)C(C)(C)C)C(C)=O. The third-order valence-electron chi connectivity index (χ3n) is 5.36. The van der Waals surface area contributed by atoms with Crippen molar-refractivity contribution in [3.8, 4) is 0 Å². The van der Waals surface area contributed by atoms with Crippen LogP contribution >= 0.6 is 0 Å². The van der Waals surface area contributed by atoms with Crippen molar-refractivity contribution in [3.63, 3.8) is 0 Å². The fourth-order valence-electron chi connectivity index (χ4n) is 3.78. The Morgan fingerprint density at radius 2 is 1.39 bits per heavy atom. The Bertz CT molecular complexity index is 721. The lowest BCUT2D eigenvalue weighted by molar-refractivity contribution is -0.113. The molecule has 0 unspecified atom stereocenters. The number of ketones is 1. The van der Waals surface area contributed by atoms with Gasteiger partial charge in [0.05, 0.1) is 0 Å². The normalized spacial score (nSPS) is 12.0. The molecule has 0 aromatic heterocycles. The average Bonchev–Trinajstić information content (AvgIpc) is 2.67. The maximum atomic E-state index is 11.3. The first-order valence-corrected chi connectivity index (χ1v) is 12.1. The molecule has 150 valence electrons. The predicted molar refractivity (Wildman–Crippen MR) is 122 cm³/mol. The third kappa shape index (κ3) is 5.30. The summed E-state index contributed by atoms with van der Waals surface area (Å²) in [6, 6.07) is 21.5. The molecule has 2 rings (SSSR count). The average molecular weight is 395 g/mol. The van der Waals surface area contributed by atoms with Gasteiger partial charge in [0.1, 0.15) is 0 Å². The Morgan fingerprint density at radius 1 is 0.893 bits per heavy atom. The molecule has 0 atom stereocenters. The van der Waals surface area contributed by atoms with Gasteiger partial charge in [-0.15, -0.1) is 0 Å². The van der Waals surface area contributed by atoms with Crippen LogP contribution in [0.15, 0.2) is 72.8 Å². The van der Waals surface area contributed by atoms with Gasteiger partial charge in [-0.05, 0) is 47.2 Å². The molecule has 0 saturated heterocycles. The van der Waals surface area contributed by atoms with E-state index in [0.717, 1.165) is 37.9 Å². The molecule has 0 bridgehead atoms. The zero-order valence-corrected chi connectivity index (χ0v) is 18.8. The second-order valence-corrected chi connectivity index (χ2v) is 12.8. The van der Waals surface area contributed by atoms with Gasteiger partial charge in [0, 0.05) is 6.61 Å². The van der Waals surface area contributed by atoms with Crippen LogP contribution in [0.3, 0.4) is 0 Å². The van der Waals surface area contributed by atoms with E-state index in [2.05, 4.69) is 88.0 Å². The minimum atomic E-state index is -2.42. The fourth-order valence-corrected chi connectivity index (χ4v) is 8.39. The molecule has 2 aromatic carbocycles. The molecule has 0 aliphatic rings. The van der Waals surface area contributed by atoms with Crippen molar-refractivity contribution in [1.82, 2.24) is 0 Å². The molecular weight excluding hydrogens is 360 g/mol. The molecule has 0 N–H and O–H groups in total. The molecule has 0 aliphatic carbocycles. The Labute approximate surface area is 171 Å². The summed E-state index contributed by atoms with van der Waals surface area (Å²) >= 11 is 0. The summed E-state index contributed by atoms with van der Waals surface area (Å²) in [5, 5.41) is 2.65. The number of unbranched alkanes of at least 4 members (excludes halogenated alkanes) is 2. The van der Waals surface area contributed by atoms with Crippen LogP contribution in [0.25, 0.3) is 0 Å². The summed E-state index contributed by atoms with van der Waals surface area (Å²) in [6.07, 6.45) is 3.82. The second kappa shape index (κ2) is 9.99. The topological polar surface area (TPSA) is 26.3 Å². The molecule has 0 amide bonds. The van der Waals surface area contributed by atoms with Crippen LogP contribution in [-0.4, -0.2) is 20.7 Å². The van der Waals surface area contributed by atoms with Crippen LogP contribution < -0.4 is 10.4 Å². The number of benzene rings is 2. The molecule has 0 spiro atoms. The highest BCUT2D eigenvalue weighted by molar-refractivity contribution is 6.99. The van der Waals surface area contributed by atoms with E-state index in [0.29, 0.717) is 0 Å². The minimum Gasteiger partial charge on any atom is -0.407 e. The third-order valence-corrected chi connectivity index (χ3v) is 10.4. The fraction of sp³-hybridized carbons (Fsp3) is 0.400. The highest BCUT2D eigenvalue weighted by Crippen LogP contribution is 2.36. The Hall–Kier alpha value is -1.97. The number of allylic oxidation sites excluding steroid dienone is 1. The standard InChI is InChI=1S/C25H34O2Si/c1-21(22(2)26)15-9-8-14-20-27-28(25(3,4)5,23-16-10-6-11-17-23)24-18-12-7-13-19-24/h6-7,10-13,16-19H,1,8-9,14-15,20H2,2-5H3. The van der Waals surface area contributed by atoms with Crippen molar-refractivity contribution >= 4 is 24.5 Å². The molecule has 0 heterocycles. The Balaban J connectivity index is 2.18. The van der Waals surface area contributed by atoms with Crippen molar-refractivity contribution in [1.29, 1.82) is 0 Å². The first kappa shape index (κ1) is 22.3.